The van der Waals surface area contributed by atoms with Crippen molar-refractivity contribution < 1.29 is 24.9 Å². The average Bonchev–Trinajstić information content (AvgIpc) is 2.19. The summed E-state index contributed by atoms with van der Waals surface area (Å²) in [7, 11) is 0. The number of carboxylic acids is 2. The molecule has 5 nitrogen and oxygen atoms in total. The number of carboxylic acid groups (broad SMARTS) is 2. The van der Waals surface area contributed by atoms with Crippen molar-refractivity contribution in [1.82, 2.24) is 0 Å². The van der Waals surface area contributed by atoms with Crippen LogP contribution in [0.1, 0.15) is 5.56 Å². The van der Waals surface area contributed by atoms with Gasteiger partial charge in [0.05, 0.1) is 0 Å². The minimum Gasteiger partial charge on any atom is -0.508 e. The Morgan fingerprint density at radius 1 is 1.12 bits per heavy atom. The number of carbonyl (C=O) groups is 2. The summed E-state index contributed by atoms with van der Waals surface area (Å²) in [6.45, 7) is 0. The van der Waals surface area contributed by atoms with Gasteiger partial charge in [-0.15, -0.1) is 0 Å². The summed E-state index contributed by atoms with van der Waals surface area (Å²) in [4.78, 5) is 21.1. The summed E-state index contributed by atoms with van der Waals surface area (Å²) in [6, 6.07) is 5.90. The number of hydrogen-bond acceptors (Lipinski definition) is 3. The monoisotopic (exact) mass is 222 g/mol. The molecule has 0 bridgehead atoms. The molecule has 0 aromatic heterocycles. The van der Waals surface area contributed by atoms with Crippen molar-refractivity contribution in [3.05, 3.63) is 41.5 Å². The first-order chi connectivity index (χ1) is 7.49. The number of aromatic hydroxyl groups is 1. The van der Waals surface area contributed by atoms with Crippen molar-refractivity contribution in [2.45, 2.75) is 6.42 Å². The first-order valence-corrected chi connectivity index (χ1v) is 4.43. The second-order valence-electron chi connectivity index (χ2n) is 3.16. The lowest BCUT2D eigenvalue weighted by atomic mass is 10.0. The molecular formula is C11H10O5. The highest BCUT2D eigenvalue weighted by molar-refractivity contribution is 5.94. The Morgan fingerprint density at radius 3 is 2.12 bits per heavy atom. The normalized spacial score (nSPS) is 11.1. The fraction of sp³-hybridized carbons (Fsp3) is 0.0909. The number of hydrogen-bond donors (Lipinski definition) is 3. The van der Waals surface area contributed by atoms with E-state index in [-0.39, 0.29) is 17.7 Å². The van der Waals surface area contributed by atoms with Crippen molar-refractivity contribution in [1.29, 1.82) is 0 Å². The second-order valence-corrected chi connectivity index (χ2v) is 3.16. The molecule has 3 N–H and O–H groups in total. The van der Waals surface area contributed by atoms with Crippen molar-refractivity contribution in [2.75, 3.05) is 0 Å². The van der Waals surface area contributed by atoms with Crippen molar-refractivity contribution >= 4 is 11.9 Å². The van der Waals surface area contributed by atoms with Gasteiger partial charge < -0.3 is 15.3 Å². The predicted molar refractivity (Wildman–Crippen MR) is 55.2 cm³/mol. The fourth-order valence-electron chi connectivity index (χ4n) is 1.17. The number of rotatable bonds is 4. The molecule has 0 atom stereocenters. The van der Waals surface area contributed by atoms with E-state index in [1.807, 2.05) is 0 Å². The molecule has 0 unspecified atom stereocenters. The molecule has 1 aromatic rings. The van der Waals surface area contributed by atoms with E-state index in [1.54, 1.807) is 0 Å². The molecule has 1 aromatic carbocycles. The van der Waals surface area contributed by atoms with Crippen LogP contribution < -0.4 is 0 Å². The average molecular weight is 222 g/mol. The molecule has 0 saturated carbocycles. The van der Waals surface area contributed by atoms with Crippen LogP contribution in [0.5, 0.6) is 5.75 Å². The van der Waals surface area contributed by atoms with Crippen molar-refractivity contribution in [3.8, 4) is 5.75 Å². The molecular weight excluding hydrogens is 212 g/mol. The molecule has 0 aliphatic carbocycles. The molecule has 0 heterocycles. The third kappa shape index (κ3) is 3.45. The van der Waals surface area contributed by atoms with Crippen LogP contribution in [0.4, 0.5) is 0 Å². The van der Waals surface area contributed by atoms with E-state index < -0.39 is 11.9 Å². The van der Waals surface area contributed by atoms with Gasteiger partial charge in [0.1, 0.15) is 5.75 Å². The lowest BCUT2D eigenvalue weighted by Crippen LogP contribution is -2.06. The van der Waals surface area contributed by atoms with Gasteiger partial charge in [-0.25, -0.2) is 9.59 Å². The Kier molecular flexibility index (Phi) is 3.66. The molecule has 0 aliphatic rings. The van der Waals surface area contributed by atoms with Crippen LogP contribution in [0.15, 0.2) is 35.9 Å². The van der Waals surface area contributed by atoms with Gasteiger partial charge in [-0.2, -0.15) is 0 Å². The lowest BCUT2D eigenvalue weighted by Gasteiger charge is -2.02. The predicted octanol–water partition coefficient (Wildman–Crippen LogP) is 1.03. The molecule has 1 rings (SSSR count). The Balaban J connectivity index is 2.88. The maximum absolute atomic E-state index is 10.7. The van der Waals surface area contributed by atoms with Crippen LogP contribution in [0.25, 0.3) is 0 Å². The zero-order valence-electron chi connectivity index (χ0n) is 8.25. The lowest BCUT2D eigenvalue weighted by molar-refractivity contribution is -0.135. The molecule has 5 heteroatoms. The summed E-state index contributed by atoms with van der Waals surface area (Å²) in [5, 5.41) is 26.3. The summed E-state index contributed by atoms with van der Waals surface area (Å²) in [5.74, 6) is -2.49. The smallest absolute Gasteiger partial charge is 0.332 e. The summed E-state index contributed by atoms with van der Waals surface area (Å²) in [6.07, 6.45) is 0.664. The third-order valence-corrected chi connectivity index (χ3v) is 1.90. The van der Waals surface area contributed by atoms with E-state index in [0.717, 1.165) is 0 Å². The Hall–Kier alpha value is -2.30. The number of phenols is 1. The zero-order valence-corrected chi connectivity index (χ0v) is 8.25. The molecule has 0 aliphatic heterocycles. The number of aliphatic carboxylic acids is 2. The maximum Gasteiger partial charge on any atom is 0.332 e. The first kappa shape index (κ1) is 11.8. The first-order valence-electron chi connectivity index (χ1n) is 4.43. The maximum atomic E-state index is 10.7. The second kappa shape index (κ2) is 4.97. The highest BCUT2D eigenvalue weighted by Gasteiger charge is 2.10. The Labute approximate surface area is 91.3 Å². The van der Waals surface area contributed by atoms with Crippen molar-refractivity contribution in [2.24, 2.45) is 0 Å². The molecule has 16 heavy (non-hydrogen) atoms. The Bertz CT molecular complexity index is 430. The van der Waals surface area contributed by atoms with Crippen molar-refractivity contribution in [3.63, 3.8) is 0 Å². The molecule has 0 radical (unpaired) electrons. The zero-order chi connectivity index (χ0) is 12.1. The van der Waals surface area contributed by atoms with Crippen LogP contribution in [-0.2, 0) is 16.0 Å². The minimum atomic E-state index is -1.30. The van der Waals surface area contributed by atoms with E-state index >= 15 is 0 Å². The number of benzene rings is 1. The molecule has 0 spiro atoms. The highest BCUT2D eigenvalue weighted by atomic mass is 16.4. The summed E-state index contributed by atoms with van der Waals surface area (Å²) in [5.41, 5.74) is 0.408. The largest absolute Gasteiger partial charge is 0.508 e. The highest BCUT2D eigenvalue weighted by Crippen LogP contribution is 2.13. The van der Waals surface area contributed by atoms with E-state index in [4.69, 9.17) is 15.3 Å². The SMILES string of the molecule is O=C(O)C=C(Cc1ccc(O)cc1)C(=O)O. The quantitative estimate of drug-likeness (QED) is 0.661. The van der Waals surface area contributed by atoms with Crippen LogP contribution in [0.2, 0.25) is 0 Å². The Morgan fingerprint density at radius 2 is 1.69 bits per heavy atom. The van der Waals surface area contributed by atoms with Gasteiger partial charge in [-0.3, -0.25) is 0 Å². The van der Waals surface area contributed by atoms with Crippen LogP contribution in [0, 0.1) is 0 Å². The van der Waals surface area contributed by atoms with E-state index in [0.29, 0.717) is 11.6 Å². The van der Waals surface area contributed by atoms with Gasteiger partial charge in [-0.05, 0) is 17.7 Å². The van der Waals surface area contributed by atoms with Crippen LogP contribution >= 0.6 is 0 Å². The molecule has 0 saturated heterocycles. The standard InChI is InChI=1S/C11H10O5/c12-9-3-1-7(2-4-9)5-8(11(15)16)6-10(13)14/h1-4,6,12H,5H2,(H,13,14)(H,15,16). The van der Waals surface area contributed by atoms with E-state index in [9.17, 15) is 9.59 Å². The summed E-state index contributed by atoms with van der Waals surface area (Å²) < 4.78 is 0. The minimum absolute atomic E-state index is 0.00190. The van der Waals surface area contributed by atoms with E-state index in [2.05, 4.69) is 0 Å². The topological polar surface area (TPSA) is 94.8 Å². The van der Waals surface area contributed by atoms with Gasteiger partial charge >= 0.3 is 11.9 Å². The molecule has 0 amide bonds. The third-order valence-electron chi connectivity index (χ3n) is 1.90. The van der Waals surface area contributed by atoms with Gasteiger partial charge in [-0.1, -0.05) is 12.1 Å². The summed E-state index contributed by atoms with van der Waals surface area (Å²) >= 11 is 0. The molecule has 0 fully saturated rings. The number of phenolic OH excluding ortho intramolecular Hbond substituents is 1. The van der Waals surface area contributed by atoms with Gasteiger partial charge in [0.25, 0.3) is 0 Å². The van der Waals surface area contributed by atoms with Crippen LogP contribution in [-0.4, -0.2) is 27.3 Å². The van der Waals surface area contributed by atoms with Gasteiger partial charge in [0.2, 0.25) is 0 Å². The van der Waals surface area contributed by atoms with Crippen LogP contribution in [0.3, 0.4) is 0 Å². The fourth-order valence-corrected chi connectivity index (χ4v) is 1.17. The van der Waals surface area contributed by atoms with Gasteiger partial charge in [0, 0.05) is 18.1 Å². The van der Waals surface area contributed by atoms with E-state index in [1.165, 1.54) is 24.3 Å². The molecule has 84 valence electrons. The van der Waals surface area contributed by atoms with Gasteiger partial charge in [0.15, 0.2) is 0 Å².